The Labute approximate surface area is 50.6 Å². The Kier molecular flexibility index (Phi) is 6.78. The second-order valence-electron chi connectivity index (χ2n) is 1.56. The van der Waals surface area contributed by atoms with Gasteiger partial charge in [0.2, 0.25) is 0 Å². The largest absolute Gasteiger partial charge is 0.318 e. The molecule has 0 rings (SSSR count). The Morgan fingerprint density at radius 3 is 2.38 bits per heavy atom. The molecule has 0 aliphatic heterocycles. The molecular weight excluding hydrogens is 102 g/mol. The van der Waals surface area contributed by atoms with Crippen LogP contribution in [0.3, 0.4) is 0 Å². The standard InChI is InChI=1S/C5H15N3/c1-2-7-3-4-8-5-6/h7-8H,2-6H2,1H3. The molecule has 0 aromatic carbocycles. The smallest absolute Gasteiger partial charge is 0.0429 e. The fraction of sp³-hybridized carbons (Fsp3) is 1.00. The first-order chi connectivity index (χ1) is 3.91. The van der Waals surface area contributed by atoms with Gasteiger partial charge in [0.25, 0.3) is 0 Å². The van der Waals surface area contributed by atoms with Gasteiger partial charge in [-0.2, -0.15) is 0 Å². The third kappa shape index (κ3) is 5.88. The van der Waals surface area contributed by atoms with E-state index >= 15 is 0 Å². The van der Waals surface area contributed by atoms with Crippen molar-refractivity contribution in [3.05, 3.63) is 0 Å². The number of rotatable bonds is 5. The van der Waals surface area contributed by atoms with Crippen LogP contribution in [0.5, 0.6) is 0 Å². The normalized spacial score (nSPS) is 9.75. The van der Waals surface area contributed by atoms with E-state index in [1.165, 1.54) is 0 Å². The molecule has 0 saturated heterocycles. The zero-order chi connectivity index (χ0) is 6.24. The minimum atomic E-state index is 0.575. The lowest BCUT2D eigenvalue weighted by Crippen LogP contribution is -2.30. The minimum absolute atomic E-state index is 0.575. The summed E-state index contributed by atoms with van der Waals surface area (Å²) in [7, 11) is 0. The summed E-state index contributed by atoms with van der Waals surface area (Å²) in [4.78, 5) is 0. The summed E-state index contributed by atoms with van der Waals surface area (Å²) in [6.07, 6.45) is 0. The molecule has 0 amide bonds. The van der Waals surface area contributed by atoms with Crippen LogP contribution in [-0.4, -0.2) is 26.3 Å². The van der Waals surface area contributed by atoms with Crippen LogP contribution in [0.25, 0.3) is 0 Å². The summed E-state index contributed by atoms with van der Waals surface area (Å²) >= 11 is 0. The van der Waals surface area contributed by atoms with Gasteiger partial charge >= 0.3 is 0 Å². The molecule has 0 aliphatic carbocycles. The zero-order valence-electron chi connectivity index (χ0n) is 5.41. The van der Waals surface area contributed by atoms with E-state index in [1.54, 1.807) is 0 Å². The average molecular weight is 117 g/mol. The van der Waals surface area contributed by atoms with Gasteiger partial charge in [-0.05, 0) is 6.54 Å². The van der Waals surface area contributed by atoms with Gasteiger partial charge in [0.05, 0.1) is 0 Å². The van der Waals surface area contributed by atoms with Gasteiger partial charge in [-0.15, -0.1) is 0 Å². The summed E-state index contributed by atoms with van der Waals surface area (Å²) in [6, 6.07) is 0. The van der Waals surface area contributed by atoms with E-state index in [0.29, 0.717) is 6.67 Å². The number of hydrogen-bond donors (Lipinski definition) is 3. The predicted octanol–water partition coefficient (Wildman–Crippen LogP) is -0.898. The second-order valence-corrected chi connectivity index (χ2v) is 1.56. The molecule has 8 heavy (non-hydrogen) atoms. The molecule has 0 heterocycles. The first kappa shape index (κ1) is 7.88. The monoisotopic (exact) mass is 117 g/mol. The molecule has 0 bridgehead atoms. The van der Waals surface area contributed by atoms with E-state index in [1.807, 2.05) is 0 Å². The van der Waals surface area contributed by atoms with E-state index in [0.717, 1.165) is 19.6 Å². The third-order valence-corrected chi connectivity index (χ3v) is 0.873. The molecule has 0 radical (unpaired) electrons. The fourth-order valence-electron chi connectivity index (χ4n) is 0.456. The fourth-order valence-corrected chi connectivity index (χ4v) is 0.456. The van der Waals surface area contributed by atoms with Gasteiger partial charge in [-0.3, -0.25) is 0 Å². The van der Waals surface area contributed by atoms with Gasteiger partial charge in [0.1, 0.15) is 0 Å². The van der Waals surface area contributed by atoms with Gasteiger partial charge < -0.3 is 16.4 Å². The zero-order valence-corrected chi connectivity index (χ0v) is 5.41. The van der Waals surface area contributed by atoms with E-state index in [9.17, 15) is 0 Å². The van der Waals surface area contributed by atoms with Crippen LogP contribution in [0.15, 0.2) is 0 Å². The van der Waals surface area contributed by atoms with E-state index < -0.39 is 0 Å². The van der Waals surface area contributed by atoms with E-state index in [-0.39, 0.29) is 0 Å². The predicted molar refractivity (Wildman–Crippen MR) is 35.6 cm³/mol. The van der Waals surface area contributed by atoms with Crippen LogP contribution in [0, 0.1) is 0 Å². The summed E-state index contributed by atoms with van der Waals surface area (Å²) in [5.41, 5.74) is 5.17. The molecule has 0 unspecified atom stereocenters. The van der Waals surface area contributed by atoms with E-state index in [4.69, 9.17) is 5.73 Å². The Balaban J connectivity index is 2.53. The molecule has 0 spiro atoms. The maximum atomic E-state index is 5.17. The van der Waals surface area contributed by atoms with Crippen molar-refractivity contribution in [2.45, 2.75) is 6.92 Å². The molecule has 3 heteroatoms. The number of nitrogens with one attached hydrogen (secondary N) is 2. The summed E-state index contributed by atoms with van der Waals surface area (Å²) < 4.78 is 0. The molecule has 0 atom stereocenters. The van der Waals surface area contributed by atoms with E-state index in [2.05, 4.69) is 17.6 Å². The van der Waals surface area contributed by atoms with Crippen molar-refractivity contribution in [2.75, 3.05) is 26.3 Å². The highest BCUT2D eigenvalue weighted by Gasteiger charge is 1.79. The van der Waals surface area contributed by atoms with Crippen LogP contribution < -0.4 is 16.4 Å². The molecule has 0 aromatic rings. The Bertz CT molecular complexity index is 32.7. The van der Waals surface area contributed by atoms with Crippen LogP contribution in [0.4, 0.5) is 0 Å². The van der Waals surface area contributed by atoms with Crippen LogP contribution >= 0.6 is 0 Å². The Morgan fingerprint density at radius 1 is 1.25 bits per heavy atom. The maximum Gasteiger partial charge on any atom is 0.0429 e. The van der Waals surface area contributed by atoms with Gasteiger partial charge in [0.15, 0.2) is 0 Å². The molecule has 0 saturated carbocycles. The lowest BCUT2D eigenvalue weighted by molar-refractivity contribution is 0.634. The molecule has 3 nitrogen and oxygen atoms in total. The highest BCUT2D eigenvalue weighted by Crippen LogP contribution is 1.54. The molecular formula is C5H15N3. The first-order valence-corrected chi connectivity index (χ1v) is 3.03. The minimum Gasteiger partial charge on any atom is -0.318 e. The van der Waals surface area contributed by atoms with Gasteiger partial charge in [-0.1, -0.05) is 6.92 Å². The van der Waals surface area contributed by atoms with Crippen LogP contribution in [0.2, 0.25) is 0 Å². The summed E-state index contributed by atoms with van der Waals surface area (Å²) in [6.45, 7) is 5.66. The van der Waals surface area contributed by atoms with Gasteiger partial charge in [-0.25, -0.2) is 0 Å². The maximum absolute atomic E-state index is 5.17. The Morgan fingerprint density at radius 2 is 1.88 bits per heavy atom. The summed E-state index contributed by atoms with van der Waals surface area (Å²) in [5.74, 6) is 0. The Hall–Kier alpha value is -0.120. The number of likely N-dealkylation sites (N-methyl/N-ethyl adjacent to an activating group) is 1. The van der Waals surface area contributed by atoms with Crippen molar-refractivity contribution in [2.24, 2.45) is 5.73 Å². The molecule has 0 fully saturated rings. The van der Waals surface area contributed by atoms with Crippen LogP contribution in [-0.2, 0) is 0 Å². The lowest BCUT2D eigenvalue weighted by Gasteiger charge is -1.99. The molecule has 0 aliphatic rings. The molecule has 4 N–H and O–H groups in total. The molecule has 0 aromatic heterocycles. The van der Waals surface area contributed by atoms with Crippen molar-refractivity contribution < 1.29 is 0 Å². The van der Waals surface area contributed by atoms with Crippen molar-refractivity contribution in [3.8, 4) is 0 Å². The van der Waals surface area contributed by atoms with Crippen LogP contribution in [0.1, 0.15) is 6.92 Å². The number of nitrogens with two attached hydrogens (primary N) is 1. The average Bonchev–Trinajstić information content (AvgIpc) is 1.81. The highest BCUT2D eigenvalue weighted by molar-refractivity contribution is 4.45. The third-order valence-electron chi connectivity index (χ3n) is 0.873. The highest BCUT2D eigenvalue weighted by atomic mass is 15.0. The second kappa shape index (κ2) is 6.88. The number of hydrogen-bond acceptors (Lipinski definition) is 3. The lowest BCUT2D eigenvalue weighted by atomic mass is 10.6. The molecule has 50 valence electrons. The summed E-state index contributed by atoms with van der Waals surface area (Å²) in [5, 5.41) is 6.16. The van der Waals surface area contributed by atoms with Crippen molar-refractivity contribution >= 4 is 0 Å². The first-order valence-electron chi connectivity index (χ1n) is 3.03. The van der Waals surface area contributed by atoms with Crippen molar-refractivity contribution in [1.82, 2.24) is 10.6 Å². The SMILES string of the molecule is CCNCCNCN. The van der Waals surface area contributed by atoms with Crippen molar-refractivity contribution in [3.63, 3.8) is 0 Å². The quantitative estimate of drug-likeness (QED) is 0.323. The van der Waals surface area contributed by atoms with Gasteiger partial charge in [0, 0.05) is 19.8 Å². The topological polar surface area (TPSA) is 50.1 Å². The van der Waals surface area contributed by atoms with Crippen molar-refractivity contribution in [1.29, 1.82) is 0 Å².